The lowest BCUT2D eigenvalue weighted by Crippen LogP contribution is -2.39. The Morgan fingerprint density at radius 3 is 2.33 bits per heavy atom. The average Bonchev–Trinajstić information content (AvgIpc) is 3.27. The Balaban J connectivity index is 1.84. The molecule has 2 aliphatic carbocycles. The van der Waals surface area contributed by atoms with Gasteiger partial charge in [0.1, 0.15) is 17.5 Å². The molecule has 128 valence electrons. The van der Waals surface area contributed by atoms with Gasteiger partial charge in [-0.1, -0.05) is 39.3 Å². The second-order valence-electron chi connectivity index (χ2n) is 8.13. The van der Waals surface area contributed by atoms with E-state index in [2.05, 4.69) is 30.4 Å². The lowest BCUT2D eigenvalue weighted by molar-refractivity contribution is 0.272. The smallest absolute Gasteiger partial charge is 0.143 e. The Morgan fingerprint density at radius 2 is 1.83 bits per heavy atom. The summed E-state index contributed by atoms with van der Waals surface area (Å²) in [5.41, 5.74) is 1.14. The highest BCUT2D eigenvalue weighted by Gasteiger charge is 2.47. The maximum atomic E-state index is 13.4. The van der Waals surface area contributed by atoms with Crippen LogP contribution in [0, 0.1) is 5.82 Å². The third-order valence-electron chi connectivity index (χ3n) is 6.13. The number of rotatable bonds is 5. The molecule has 3 nitrogen and oxygen atoms in total. The van der Waals surface area contributed by atoms with Crippen LogP contribution >= 0.6 is 0 Å². The molecule has 2 saturated carbocycles. The monoisotopic (exact) mass is 327 g/mol. The Kier molecular flexibility index (Phi) is 3.55. The molecular formula is C20H26FN3. The highest BCUT2D eigenvalue weighted by Crippen LogP contribution is 2.51. The Bertz CT molecular complexity index is 737. The molecule has 0 bridgehead atoms. The zero-order valence-electron chi connectivity index (χ0n) is 14.8. The summed E-state index contributed by atoms with van der Waals surface area (Å²) < 4.78 is 15.8. The van der Waals surface area contributed by atoms with Crippen molar-refractivity contribution in [1.29, 1.82) is 0 Å². The fourth-order valence-electron chi connectivity index (χ4n) is 3.86. The third-order valence-corrected chi connectivity index (χ3v) is 6.13. The van der Waals surface area contributed by atoms with Gasteiger partial charge in [-0.05, 0) is 49.8 Å². The van der Waals surface area contributed by atoms with Crippen LogP contribution in [0.15, 0.2) is 24.3 Å². The molecule has 0 radical (unpaired) electrons. The van der Waals surface area contributed by atoms with E-state index >= 15 is 0 Å². The zero-order valence-corrected chi connectivity index (χ0v) is 14.8. The highest BCUT2D eigenvalue weighted by atomic mass is 19.1. The Morgan fingerprint density at radius 1 is 1.17 bits per heavy atom. The molecular weight excluding hydrogens is 301 g/mol. The van der Waals surface area contributed by atoms with Crippen molar-refractivity contribution in [3.63, 3.8) is 0 Å². The molecule has 1 heterocycles. The van der Waals surface area contributed by atoms with Crippen LogP contribution in [-0.4, -0.2) is 14.8 Å². The highest BCUT2D eigenvalue weighted by molar-refractivity contribution is 5.37. The number of nitrogens with zero attached hydrogens (tertiary/aromatic N) is 3. The van der Waals surface area contributed by atoms with Crippen LogP contribution in [0.4, 0.5) is 4.39 Å². The fraction of sp³-hybridized carbons (Fsp3) is 0.600. The van der Waals surface area contributed by atoms with E-state index in [4.69, 9.17) is 5.10 Å². The van der Waals surface area contributed by atoms with E-state index in [1.807, 2.05) is 12.1 Å². The molecule has 0 aliphatic heterocycles. The van der Waals surface area contributed by atoms with Crippen molar-refractivity contribution in [2.24, 2.45) is 0 Å². The second-order valence-corrected chi connectivity index (χ2v) is 8.13. The maximum Gasteiger partial charge on any atom is 0.143 e. The zero-order chi connectivity index (χ0) is 16.9. The first kappa shape index (κ1) is 15.8. The Hall–Kier alpha value is -1.71. The van der Waals surface area contributed by atoms with Crippen LogP contribution < -0.4 is 0 Å². The first-order valence-electron chi connectivity index (χ1n) is 9.20. The fourth-order valence-corrected chi connectivity index (χ4v) is 3.86. The minimum absolute atomic E-state index is 0.0293. The van der Waals surface area contributed by atoms with Gasteiger partial charge in [0.15, 0.2) is 0 Å². The van der Waals surface area contributed by atoms with Crippen molar-refractivity contribution < 1.29 is 4.39 Å². The van der Waals surface area contributed by atoms with E-state index < -0.39 is 0 Å². The molecule has 4 heteroatoms. The van der Waals surface area contributed by atoms with Crippen molar-refractivity contribution in [3.05, 3.63) is 47.3 Å². The van der Waals surface area contributed by atoms with Crippen molar-refractivity contribution in [2.75, 3.05) is 0 Å². The van der Waals surface area contributed by atoms with Crippen molar-refractivity contribution in [2.45, 2.75) is 76.2 Å². The van der Waals surface area contributed by atoms with E-state index in [0.717, 1.165) is 30.9 Å². The second kappa shape index (κ2) is 5.40. The van der Waals surface area contributed by atoms with Gasteiger partial charge in [-0.25, -0.2) is 4.39 Å². The maximum absolute atomic E-state index is 13.4. The third kappa shape index (κ3) is 2.30. The summed E-state index contributed by atoms with van der Waals surface area (Å²) >= 11 is 0. The SMILES string of the molecule is CCC(C)(C)c1nnc(C2(c3ccc(F)cc3)CCC2)n1C1CC1. The van der Waals surface area contributed by atoms with Gasteiger partial charge in [0.25, 0.3) is 0 Å². The summed E-state index contributed by atoms with van der Waals surface area (Å²) in [5, 5.41) is 9.35. The summed E-state index contributed by atoms with van der Waals surface area (Å²) in [7, 11) is 0. The Labute approximate surface area is 143 Å². The lowest BCUT2D eigenvalue weighted by Gasteiger charge is -2.42. The first-order chi connectivity index (χ1) is 11.5. The molecule has 0 atom stereocenters. The summed E-state index contributed by atoms with van der Waals surface area (Å²) in [5.74, 6) is 2.06. The van der Waals surface area contributed by atoms with Crippen LogP contribution in [0.5, 0.6) is 0 Å². The van der Waals surface area contributed by atoms with Gasteiger partial charge in [0, 0.05) is 11.5 Å². The number of hydrogen-bond acceptors (Lipinski definition) is 2. The van der Waals surface area contributed by atoms with E-state index in [9.17, 15) is 4.39 Å². The number of aromatic nitrogens is 3. The van der Waals surface area contributed by atoms with Gasteiger partial charge in [0.05, 0.1) is 5.41 Å². The molecule has 0 N–H and O–H groups in total. The van der Waals surface area contributed by atoms with E-state index in [1.54, 1.807) is 12.1 Å². The lowest BCUT2D eigenvalue weighted by atomic mass is 9.63. The van der Waals surface area contributed by atoms with Gasteiger partial charge in [-0.2, -0.15) is 0 Å². The van der Waals surface area contributed by atoms with Crippen LogP contribution in [0.1, 0.15) is 82.6 Å². The molecule has 0 saturated heterocycles. The van der Waals surface area contributed by atoms with Gasteiger partial charge < -0.3 is 4.57 Å². The van der Waals surface area contributed by atoms with Crippen molar-refractivity contribution >= 4 is 0 Å². The van der Waals surface area contributed by atoms with E-state index in [1.165, 1.54) is 24.8 Å². The standard InChI is InChI=1S/C20H26FN3/c1-4-19(2,3)17-22-23-18(24(17)16-10-11-16)20(12-5-13-20)14-6-8-15(21)9-7-14/h6-9,16H,4-5,10-13H2,1-3H3. The molecule has 0 amide bonds. The molecule has 0 unspecified atom stereocenters. The predicted molar refractivity (Wildman–Crippen MR) is 92.6 cm³/mol. The normalized spacial score (nSPS) is 20.0. The van der Waals surface area contributed by atoms with Crippen molar-refractivity contribution in [1.82, 2.24) is 14.8 Å². The van der Waals surface area contributed by atoms with Crippen LogP contribution in [-0.2, 0) is 10.8 Å². The largest absolute Gasteiger partial charge is 0.311 e. The summed E-state index contributed by atoms with van der Waals surface area (Å²) in [6.45, 7) is 6.72. The topological polar surface area (TPSA) is 30.7 Å². The minimum atomic E-state index is -0.176. The molecule has 2 fully saturated rings. The van der Waals surface area contributed by atoms with E-state index in [0.29, 0.717) is 6.04 Å². The van der Waals surface area contributed by atoms with Gasteiger partial charge in [0.2, 0.25) is 0 Å². The number of benzene rings is 1. The molecule has 2 aliphatic rings. The van der Waals surface area contributed by atoms with Gasteiger partial charge in [-0.15, -0.1) is 10.2 Å². The molecule has 0 spiro atoms. The first-order valence-corrected chi connectivity index (χ1v) is 9.20. The minimum Gasteiger partial charge on any atom is -0.311 e. The van der Waals surface area contributed by atoms with Crippen LogP contribution in [0.3, 0.4) is 0 Å². The van der Waals surface area contributed by atoms with Crippen LogP contribution in [0.25, 0.3) is 0 Å². The molecule has 24 heavy (non-hydrogen) atoms. The molecule has 2 aromatic rings. The van der Waals surface area contributed by atoms with E-state index in [-0.39, 0.29) is 16.6 Å². The number of hydrogen-bond donors (Lipinski definition) is 0. The molecule has 1 aromatic heterocycles. The summed E-state index contributed by atoms with van der Waals surface area (Å²) in [4.78, 5) is 0. The van der Waals surface area contributed by atoms with Crippen LogP contribution in [0.2, 0.25) is 0 Å². The average molecular weight is 327 g/mol. The summed E-state index contributed by atoms with van der Waals surface area (Å²) in [6.07, 6.45) is 6.84. The molecule has 1 aromatic carbocycles. The number of halogens is 1. The van der Waals surface area contributed by atoms with Crippen molar-refractivity contribution in [3.8, 4) is 0 Å². The molecule has 4 rings (SSSR count). The summed E-state index contributed by atoms with van der Waals surface area (Å²) in [6, 6.07) is 7.57. The van der Waals surface area contributed by atoms with Gasteiger partial charge >= 0.3 is 0 Å². The van der Waals surface area contributed by atoms with Gasteiger partial charge in [-0.3, -0.25) is 0 Å². The predicted octanol–water partition coefficient (Wildman–Crippen LogP) is 4.91. The quantitative estimate of drug-likeness (QED) is 0.781.